The Morgan fingerprint density at radius 1 is 1.07 bits per heavy atom. The highest BCUT2D eigenvalue weighted by Crippen LogP contribution is 2.28. The largest absolute Gasteiger partial charge is 0.481 e. The van der Waals surface area contributed by atoms with Crippen LogP contribution in [-0.2, 0) is 4.79 Å². The lowest BCUT2D eigenvalue weighted by Gasteiger charge is -2.17. The fourth-order valence-corrected chi connectivity index (χ4v) is 3.34. The smallest absolute Gasteiger partial charge is 0.310 e. The topological polar surface area (TPSA) is 55.1 Å². The van der Waals surface area contributed by atoms with Crippen molar-refractivity contribution in [2.24, 2.45) is 0 Å². The van der Waals surface area contributed by atoms with Crippen molar-refractivity contribution >= 4 is 5.97 Å². The van der Waals surface area contributed by atoms with E-state index in [-0.39, 0.29) is 0 Å². The van der Waals surface area contributed by atoms with Crippen molar-refractivity contribution in [2.75, 3.05) is 0 Å². The lowest BCUT2D eigenvalue weighted by Crippen LogP contribution is -2.06. The van der Waals surface area contributed by atoms with Crippen LogP contribution >= 0.6 is 0 Å². The molecule has 3 aromatic rings. The molecule has 0 spiro atoms. The van der Waals surface area contributed by atoms with Gasteiger partial charge in [0.15, 0.2) is 0 Å². The SMILES string of the molecule is Cc1c(C#Cc2ccc(C(C)C(=O)O)cc2)ccc(-n2ccnc2)c1C(C)C. The van der Waals surface area contributed by atoms with Crippen LogP contribution in [0.25, 0.3) is 5.69 Å². The summed E-state index contributed by atoms with van der Waals surface area (Å²) in [6.45, 7) is 8.16. The molecule has 1 aromatic heterocycles. The molecule has 1 heterocycles. The lowest BCUT2D eigenvalue weighted by atomic mass is 9.92. The second kappa shape index (κ2) is 8.14. The van der Waals surface area contributed by atoms with Gasteiger partial charge in [-0.1, -0.05) is 37.8 Å². The van der Waals surface area contributed by atoms with Gasteiger partial charge in [0.2, 0.25) is 0 Å². The number of nitrogens with zero attached hydrogens (tertiary/aromatic N) is 2. The van der Waals surface area contributed by atoms with Crippen LogP contribution in [0.15, 0.2) is 55.1 Å². The van der Waals surface area contributed by atoms with Gasteiger partial charge >= 0.3 is 5.97 Å². The molecule has 0 saturated carbocycles. The highest BCUT2D eigenvalue weighted by atomic mass is 16.4. The monoisotopic (exact) mass is 372 g/mol. The van der Waals surface area contributed by atoms with E-state index in [0.29, 0.717) is 5.92 Å². The van der Waals surface area contributed by atoms with E-state index in [2.05, 4.69) is 43.7 Å². The maximum absolute atomic E-state index is 11.1. The van der Waals surface area contributed by atoms with Gasteiger partial charge in [0, 0.05) is 23.5 Å². The molecular formula is C24H24N2O2. The summed E-state index contributed by atoms with van der Waals surface area (Å²) < 4.78 is 2.03. The van der Waals surface area contributed by atoms with Crippen molar-refractivity contribution in [3.63, 3.8) is 0 Å². The Morgan fingerprint density at radius 3 is 2.36 bits per heavy atom. The predicted octanol–water partition coefficient (Wildman–Crippen LogP) is 4.89. The first-order chi connectivity index (χ1) is 13.4. The summed E-state index contributed by atoms with van der Waals surface area (Å²) in [5.74, 6) is 5.49. The molecule has 142 valence electrons. The predicted molar refractivity (Wildman–Crippen MR) is 111 cm³/mol. The van der Waals surface area contributed by atoms with Crippen molar-refractivity contribution in [3.05, 3.63) is 82.9 Å². The third-order valence-electron chi connectivity index (χ3n) is 4.97. The molecule has 1 unspecified atom stereocenters. The number of carboxylic acids is 1. The number of benzene rings is 2. The number of aromatic nitrogens is 2. The molecule has 0 bridgehead atoms. The van der Waals surface area contributed by atoms with E-state index >= 15 is 0 Å². The molecule has 0 radical (unpaired) electrons. The fraction of sp³-hybridized carbons (Fsp3) is 0.250. The molecule has 3 rings (SSSR count). The molecule has 0 saturated heterocycles. The number of rotatable bonds is 4. The van der Waals surface area contributed by atoms with E-state index in [0.717, 1.165) is 22.4 Å². The average molecular weight is 372 g/mol. The van der Waals surface area contributed by atoms with Crippen molar-refractivity contribution in [1.82, 2.24) is 9.55 Å². The van der Waals surface area contributed by atoms with Gasteiger partial charge < -0.3 is 9.67 Å². The zero-order valence-corrected chi connectivity index (χ0v) is 16.6. The summed E-state index contributed by atoms with van der Waals surface area (Å²) in [5.41, 5.74) is 6.20. The van der Waals surface area contributed by atoms with E-state index in [1.165, 1.54) is 11.1 Å². The van der Waals surface area contributed by atoms with Gasteiger partial charge in [0.05, 0.1) is 17.9 Å². The summed E-state index contributed by atoms with van der Waals surface area (Å²) in [5, 5.41) is 9.12. The molecule has 28 heavy (non-hydrogen) atoms. The van der Waals surface area contributed by atoms with E-state index < -0.39 is 11.9 Å². The van der Waals surface area contributed by atoms with Gasteiger partial charge in [0.1, 0.15) is 0 Å². The summed E-state index contributed by atoms with van der Waals surface area (Å²) in [6.07, 6.45) is 5.54. The van der Waals surface area contributed by atoms with Gasteiger partial charge in [-0.2, -0.15) is 0 Å². The van der Waals surface area contributed by atoms with Crippen molar-refractivity contribution in [2.45, 2.75) is 39.5 Å². The van der Waals surface area contributed by atoms with Gasteiger partial charge in [-0.15, -0.1) is 0 Å². The van der Waals surface area contributed by atoms with Crippen molar-refractivity contribution in [1.29, 1.82) is 0 Å². The molecule has 0 aliphatic heterocycles. The van der Waals surface area contributed by atoms with E-state index in [9.17, 15) is 4.79 Å². The molecule has 4 nitrogen and oxygen atoms in total. The van der Waals surface area contributed by atoms with E-state index in [1.54, 1.807) is 13.1 Å². The third kappa shape index (κ3) is 3.99. The molecule has 0 amide bonds. The van der Waals surface area contributed by atoms with Gasteiger partial charge in [-0.05, 0) is 60.7 Å². The molecular weight excluding hydrogens is 348 g/mol. The second-order valence-corrected chi connectivity index (χ2v) is 7.23. The Morgan fingerprint density at radius 2 is 1.79 bits per heavy atom. The van der Waals surface area contributed by atoms with Crippen LogP contribution in [0.4, 0.5) is 0 Å². The van der Waals surface area contributed by atoms with Gasteiger partial charge in [-0.3, -0.25) is 4.79 Å². The highest BCUT2D eigenvalue weighted by molar-refractivity contribution is 5.75. The first kappa shape index (κ1) is 19.4. The summed E-state index contributed by atoms with van der Waals surface area (Å²) in [6, 6.07) is 11.5. The summed E-state index contributed by atoms with van der Waals surface area (Å²) in [4.78, 5) is 15.3. The Hall–Kier alpha value is -3.32. The number of hydrogen-bond acceptors (Lipinski definition) is 2. The molecule has 0 fully saturated rings. The van der Waals surface area contributed by atoms with Gasteiger partial charge in [0.25, 0.3) is 0 Å². The van der Waals surface area contributed by atoms with Crippen LogP contribution in [0.3, 0.4) is 0 Å². The Balaban J connectivity index is 1.94. The number of carbonyl (C=O) groups is 1. The quantitative estimate of drug-likeness (QED) is 0.663. The van der Waals surface area contributed by atoms with Crippen LogP contribution in [-0.4, -0.2) is 20.6 Å². The Labute approximate surface area is 165 Å². The lowest BCUT2D eigenvalue weighted by molar-refractivity contribution is -0.138. The standard InChI is InChI=1S/C24H24N2O2/c1-16(2)23-17(3)20(11-12-22(23)26-14-13-25-15-26)8-5-19-6-9-21(10-7-19)18(4)24(27)28/h6-7,9-16,18H,1-4H3,(H,27,28). The number of aliphatic carboxylic acids is 1. The zero-order chi connectivity index (χ0) is 20.3. The molecule has 1 atom stereocenters. The number of carboxylic acid groups (broad SMARTS) is 1. The van der Waals surface area contributed by atoms with Crippen molar-refractivity contribution < 1.29 is 9.90 Å². The number of hydrogen-bond donors (Lipinski definition) is 1. The Bertz CT molecular complexity index is 1040. The molecule has 2 aromatic carbocycles. The minimum absolute atomic E-state index is 0.357. The first-order valence-corrected chi connectivity index (χ1v) is 9.35. The van der Waals surface area contributed by atoms with Crippen LogP contribution < -0.4 is 0 Å². The maximum Gasteiger partial charge on any atom is 0.310 e. The minimum Gasteiger partial charge on any atom is -0.481 e. The van der Waals surface area contributed by atoms with Crippen LogP contribution in [0.5, 0.6) is 0 Å². The fourth-order valence-electron chi connectivity index (χ4n) is 3.34. The van der Waals surface area contributed by atoms with Crippen LogP contribution in [0.1, 0.15) is 60.4 Å². The summed E-state index contributed by atoms with van der Waals surface area (Å²) in [7, 11) is 0. The Kier molecular flexibility index (Phi) is 5.65. The van der Waals surface area contributed by atoms with E-state index in [1.807, 2.05) is 47.4 Å². The average Bonchev–Trinajstić information content (AvgIpc) is 3.21. The summed E-state index contributed by atoms with van der Waals surface area (Å²) >= 11 is 0. The third-order valence-corrected chi connectivity index (χ3v) is 4.97. The first-order valence-electron chi connectivity index (χ1n) is 9.35. The van der Waals surface area contributed by atoms with Crippen molar-refractivity contribution in [3.8, 4) is 17.5 Å². The molecule has 1 N–H and O–H groups in total. The zero-order valence-electron chi connectivity index (χ0n) is 16.6. The molecule has 0 aliphatic carbocycles. The second-order valence-electron chi connectivity index (χ2n) is 7.23. The van der Waals surface area contributed by atoms with E-state index in [4.69, 9.17) is 5.11 Å². The minimum atomic E-state index is -0.825. The van der Waals surface area contributed by atoms with Crippen LogP contribution in [0, 0.1) is 18.8 Å². The molecule has 4 heteroatoms. The van der Waals surface area contributed by atoms with Gasteiger partial charge in [-0.25, -0.2) is 4.98 Å². The van der Waals surface area contributed by atoms with Crippen LogP contribution in [0.2, 0.25) is 0 Å². The highest BCUT2D eigenvalue weighted by Gasteiger charge is 2.14. The normalized spacial score (nSPS) is 11.8. The maximum atomic E-state index is 11.1. The number of imidazole rings is 1. The molecule has 0 aliphatic rings.